The van der Waals surface area contributed by atoms with Crippen molar-refractivity contribution in [2.75, 3.05) is 14.2 Å². The smallest absolute Gasteiger partial charge is 0.337 e. The Bertz CT molecular complexity index is 791. The molecule has 0 amide bonds. The number of hydrogen-bond donors (Lipinski definition) is 0. The third kappa shape index (κ3) is 3.57. The highest BCUT2D eigenvalue weighted by molar-refractivity contribution is 7.89. The zero-order valence-corrected chi connectivity index (χ0v) is 13.9. The molecule has 7 heteroatoms. The van der Waals surface area contributed by atoms with Crippen LogP contribution in [0.3, 0.4) is 0 Å². The summed E-state index contributed by atoms with van der Waals surface area (Å²) in [7, 11) is -1.03. The Kier molecular flexibility index (Phi) is 5.12. The van der Waals surface area contributed by atoms with Gasteiger partial charge in [0.05, 0.1) is 29.3 Å². The quantitative estimate of drug-likeness (QED) is 0.784. The van der Waals surface area contributed by atoms with Crippen molar-refractivity contribution in [2.24, 2.45) is 0 Å². The van der Waals surface area contributed by atoms with E-state index in [1.807, 2.05) is 0 Å². The molecule has 0 aliphatic rings. The van der Waals surface area contributed by atoms with Gasteiger partial charge in [0.2, 0.25) is 10.0 Å². The molecule has 0 saturated carbocycles. The van der Waals surface area contributed by atoms with Gasteiger partial charge in [0, 0.05) is 13.2 Å². The van der Waals surface area contributed by atoms with Crippen molar-refractivity contribution in [3.63, 3.8) is 0 Å². The van der Waals surface area contributed by atoms with Crippen molar-refractivity contribution in [1.29, 1.82) is 0 Å². The number of carbonyl (C=O) groups is 1. The number of hydrogen-bond acceptors (Lipinski definition) is 5. The van der Waals surface area contributed by atoms with Crippen LogP contribution in [0.5, 0.6) is 0 Å². The molecule has 0 bridgehead atoms. The number of benzene rings is 1. The third-order valence-electron chi connectivity index (χ3n) is 3.59. The number of rotatable bonds is 5. The van der Waals surface area contributed by atoms with E-state index in [1.165, 1.54) is 42.7 Å². The summed E-state index contributed by atoms with van der Waals surface area (Å²) in [5, 5.41) is 0. The first-order valence-electron chi connectivity index (χ1n) is 6.95. The molecule has 1 unspecified atom stereocenters. The van der Waals surface area contributed by atoms with Gasteiger partial charge in [-0.3, -0.25) is 4.98 Å². The van der Waals surface area contributed by atoms with E-state index in [9.17, 15) is 13.2 Å². The van der Waals surface area contributed by atoms with Gasteiger partial charge in [0.25, 0.3) is 0 Å². The first-order valence-corrected chi connectivity index (χ1v) is 8.39. The van der Waals surface area contributed by atoms with Crippen LogP contribution < -0.4 is 0 Å². The summed E-state index contributed by atoms with van der Waals surface area (Å²) in [4.78, 5) is 15.8. The largest absolute Gasteiger partial charge is 0.465 e. The van der Waals surface area contributed by atoms with E-state index in [-0.39, 0.29) is 10.5 Å². The van der Waals surface area contributed by atoms with Crippen LogP contribution in [0.4, 0.5) is 0 Å². The van der Waals surface area contributed by atoms with Gasteiger partial charge in [-0.05, 0) is 37.3 Å². The lowest BCUT2D eigenvalue weighted by atomic mass is 10.2. The Morgan fingerprint density at radius 1 is 1.22 bits per heavy atom. The van der Waals surface area contributed by atoms with Crippen LogP contribution in [0.2, 0.25) is 0 Å². The fraction of sp³-hybridized carbons (Fsp3) is 0.250. The van der Waals surface area contributed by atoms with Crippen LogP contribution in [0.15, 0.2) is 53.6 Å². The number of aromatic nitrogens is 1. The fourth-order valence-corrected chi connectivity index (χ4v) is 3.47. The van der Waals surface area contributed by atoms with Crippen molar-refractivity contribution in [1.82, 2.24) is 9.29 Å². The number of methoxy groups -OCH3 is 1. The molecule has 0 radical (unpaired) electrons. The maximum absolute atomic E-state index is 12.8. The Balaban J connectivity index is 2.36. The molecule has 0 saturated heterocycles. The Labute approximate surface area is 135 Å². The van der Waals surface area contributed by atoms with Gasteiger partial charge in [0.15, 0.2) is 0 Å². The minimum Gasteiger partial charge on any atom is -0.465 e. The molecule has 2 rings (SSSR count). The van der Waals surface area contributed by atoms with E-state index in [2.05, 4.69) is 9.72 Å². The zero-order chi connectivity index (χ0) is 17.0. The molecule has 2 aromatic rings. The summed E-state index contributed by atoms with van der Waals surface area (Å²) in [5.41, 5.74) is 0.829. The zero-order valence-electron chi connectivity index (χ0n) is 13.1. The number of pyridine rings is 1. The summed E-state index contributed by atoms with van der Waals surface area (Å²) < 4.78 is 31.4. The molecule has 23 heavy (non-hydrogen) atoms. The molecule has 0 spiro atoms. The van der Waals surface area contributed by atoms with Crippen molar-refractivity contribution in [3.8, 4) is 0 Å². The predicted molar refractivity (Wildman–Crippen MR) is 85.4 cm³/mol. The Morgan fingerprint density at radius 2 is 1.96 bits per heavy atom. The Morgan fingerprint density at radius 3 is 2.57 bits per heavy atom. The number of nitrogens with zero attached hydrogens (tertiary/aromatic N) is 2. The van der Waals surface area contributed by atoms with Gasteiger partial charge in [0.1, 0.15) is 0 Å². The third-order valence-corrected chi connectivity index (χ3v) is 5.52. The predicted octanol–water partition coefficient (Wildman–Crippen LogP) is 2.25. The van der Waals surface area contributed by atoms with Crippen LogP contribution in [0, 0.1) is 0 Å². The van der Waals surface area contributed by atoms with Gasteiger partial charge in [-0.15, -0.1) is 0 Å². The summed E-state index contributed by atoms with van der Waals surface area (Å²) in [6.45, 7) is 1.75. The highest BCUT2D eigenvalue weighted by Crippen LogP contribution is 2.25. The molecule has 0 aliphatic heterocycles. The van der Waals surface area contributed by atoms with Crippen molar-refractivity contribution >= 4 is 16.0 Å². The molecule has 1 aromatic heterocycles. The van der Waals surface area contributed by atoms with Gasteiger partial charge in [-0.1, -0.05) is 12.1 Å². The molecule has 1 aromatic carbocycles. The molecular formula is C16H18N2O4S. The highest BCUT2D eigenvalue weighted by atomic mass is 32.2. The average Bonchev–Trinajstić information content (AvgIpc) is 2.60. The molecule has 1 atom stereocenters. The minimum atomic E-state index is -3.77. The molecule has 0 N–H and O–H groups in total. The van der Waals surface area contributed by atoms with Crippen LogP contribution in [-0.2, 0) is 14.8 Å². The van der Waals surface area contributed by atoms with E-state index in [4.69, 9.17) is 0 Å². The maximum Gasteiger partial charge on any atom is 0.337 e. The summed E-state index contributed by atoms with van der Waals surface area (Å²) in [6.07, 6.45) is 1.62. The van der Waals surface area contributed by atoms with Crippen molar-refractivity contribution in [2.45, 2.75) is 17.9 Å². The maximum atomic E-state index is 12.8. The van der Waals surface area contributed by atoms with E-state index in [1.54, 1.807) is 31.3 Å². The van der Waals surface area contributed by atoms with E-state index in [0.29, 0.717) is 5.69 Å². The van der Waals surface area contributed by atoms with E-state index >= 15 is 0 Å². The second-order valence-electron chi connectivity index (χ2n) is 4.97. The Hall–Kier alpha value is -2.25. The molecule has 0 fully saturated rings. The first-order chi connectivity index (χ1) is 10.9. The van der Waals surface area contributed by atoms with Crippen molar-refractivity contribution < 1.29 is 17.9 Å². The van der Waals surface area contributed by atoms with E-state index in [0.717, 1.165) is 0 Å². The second kappa shape index (κ2) is 6.89. The van der Waals surface area contributed by atoms with Crippen LogP contribution >= 0.6 is 0 Å². The lowest BCUT2D eigenvalue weighted by Crippen LogP contribution is -2.30. The fourth-order valence-electron chi connectivity index (χ4n) is 2.09. The number of ether oxygens (including phenoxy) is 1. The normalized spacial score (nSPS) is 12.9. The van der Waals surface area contributed by atoms with E-state index < -0.39 is 22.0 Å². The molecule has 6 nitrogen and oxygen atoms in total. The summed E-state index contributed by atoms with van der Waals surface area (Å²) >= 11 is 0. The standard InChI is InChI=1S/C16H18N2O4S/c1-12(15-9-4-5-10-17-15)18(2)23(20,21)14-8-6-7-13(11-14)16(19)22-3/h4-12H,1-3H3. The molecule has 122 valence electrons. The second-order valence-corrected chi connectivity index (χ2v) is 6.97. The number of sulfonamides is 1. The monoisotopic (exact) mass is 334 g/mol. The highest BCUT2D eigenvalue weighted by Gasteiger charge is 2.27. The molecule has 1 heterocycles. The van der Waals surface area contributed by atoms with Crippen LogP contribution in [0.1, 0.15) is 29.0 Å². The van der Waals surface area contributed by atoms with Gasteiger partial charge >= 0.3 is 5.97 Å². The minimum absolute atomic E-state index is 0.0330. The molecular weight excluding hydrogens is 316 g/mol. The number of carbonyl (C=O) groups excluding carboxylic acids is 1. The first kappa shape index (κ1) is 17.1. The lowest BCUT2D eigenvalue weighted by molar-refractivity contribution is 0.0600. The summed E-state index contributed by atoms with van der Waals surface area (Å²) in [6, 6.07) is 10.7. The number of esters is 1. The van der Waals surface area contributed by atoms with Crippen LogP contribution in [0.25, 0.3) is 0 Å². The van der Waals surface area contributed by atoms with Crippen LogP contribution in [-0.4, -0.2) is 37.8 Å². The van der Waals surface area contributed by atoms with Gasteiger partial charge in [-0.2, -0.15) is 4.31 Å². The van der Waals surface area contributed by atoms with Gasteiger partial charge in [-0.25, -0.2) is 13.2 Å². The molecule has 0 aliphatic carbocycles. The SMILES string of the molecule is COC(=O)c1cccc(S(=O)(=O)N(C)C(C)c2ccccn2)c1. The topological polar surface area (TPSA) is 76.6 Å². The average molecular weight is 334 g/mol. The summed E-state index contributed by atoms with van der Waals surface area (Å²) in [5.74, 6) is -0.581. The van der Waals surface area contributed by atoms with Gasteiger partial charge < -0.3 is 4.74 Å². The van der Waals surface area contributed by atoms with Crippen molar-refractivity contribution in [3.05, 3.63) is 59.9 Å². The lowest BCUT2D eigenvalue weighted by Gasteiger charge is -2.24.